The van der Waals surface area contributed by atoms with E-state index in [4.69, 9.17) is 0 Å². The van der Waals surface area contributed by atoms with Crippen molar-refractivity contribution in [1.29, 1.82) is 0 Å². The Labute approximate surface area is 103 Å². The Bertz CT molecular complexity index is 307. The molecule has 0 spiro atoms. The maximum Gasteiger partial charge on any atom is 0.105 e. The van der Waals surface area contributed by atoms with Crippen molar-refractivity contribution in [1.82, 2.24) is 14.9 Å². The van der Waals surface area contributed by atoms with E-state index in [9.17, 15) is 0 Å². The van der Waals surface area contributed by atoms with E-state index < -0.39 is 0 Å². The third-order valence-electron chi connectivity index (χ3n) is 2.49. The fraction of sp³-hybridized carbons (Fsp3) is 0.750. The van der Waals surface area contributed by atoms with Gasteiger partial charge in [0.2, 0.25) is 0 Å². The highest BCUT2D eigenvalue weighted by atomic mass is 32.2. The first-order chi connectivity index (χ1) is 7.65. The molecule has 0 aliphatic heterocycles. The summed E-state index contributed by atoms with van der Waals surface area (Å²) >= 11 is 1.98. The molecule has 16 heavy (non-hydrogen) atoms. The summed E-state index contributed by atoms with van der Waals surface area (Å²) in [5.41, 5.74) is 1.29. The van der Waals surface area contributed by atoms with Gasteiger partial charge in [-0.15, -0.1) is 0 Å². The van der Waals surface area contributed by atoms with E-state index in [2.05, 4.69) is 42.6 Å². The molecule has 0 atom stereocenters. The maximum atomic E-state index is 4.39. The Morgan fingerprint density at radius 2 is 2.25 bits per heavy atom. The van der Waals surface area contributed by atoms with Crippen LogP contribution >= 0.6 is 11.8 Å². The Hall–Kier alpha value is -0.480. The Balaban J connectivity index is 2.55. The smallest absolute Gasteiger partial charge is 0.105 e. The standard InChI is InChI=1S/C12H23N3S/c1-5-16-7-6-15-11(4)14-9-12(15)8-13-10(2)3/h9-10,13H,5-8H2,1-4H3. The lowest BCUT2D eigenvalue weighted by atomic mass is 10.3. The molecule has 1 aromatic heterocycles. The van der Waals surface area contributed by atoms with Crippen LogP contribution < -0.4 is 5.32 Å². The molecular weight excluding hydrogens is 218 g/mol. The molecule has 0 radical (unpaired) electrons. The van der Waals surface area contributed by atoms with Gasteiger partial charge in [-0.1, -0.05) is 20.8 Å². The van der Waals surface area contributed by atoms with Crippen LogP contribution in [0.4, 0.5) is 0 Å². The van der Waals surface area contributed by atoms with Crippen molar-refractivity contribution in [2.24, 2.45) is 0 Å². The molecule has 0 unspecified atom stereocenters. The summed E-state index contributed by atoms with van der Waals surface area (Å²) in [6.07, 6.45) is 1.99. The van der Waals surface area contributed by atoms with Crippen LogP contribution in [-0.4, -0.2) is 27.1 Å². The van der Waals surface area contributed by atoms with Crippen molar-refractivity contribution in [3.05, 3.63) is 17.7 Å². The summed E-state index contributed by atoms with van der Waals surface area (Å²) in [7, 11) is 0. The molecule has 0 aromatic carbocycles. The molecule has 0 saturated heterocycles. The van der Waals surface area contributed by atoms with Gasteiger partial charge in [0.25, 0.3) is 0 Å². The topological polar surface area (TPSA) is 29.9 Å². The lowest BCUT2D eigenvalue weighted by Crippen LogP contribution is -2.24. The van der Waals surface area contributed by atoms with Crippen LogP contribution in [0.3, 0.4) is 0 Å². The van der Waals surface area contributed by atoms with Gasteiger partial charge in [-0.05, 0) is 12.7 Å². The second-order valence-corrected chi connectivity index (χ2v) is 5.57. The molecule has 1 rings (SSSR count). The Kier molecular flexibility index (Phi) is 5.91. The molecule has 1 heterocycles. The van der Waals surface area contributed by atoms with Crippen molar-refractivity contribution < 1.29 is 0 Å². The highest BCUT2D eigenvalue weighted by Crippen LogP contribution is 2.08. The number of nitrogens with one attached hydrogen (secondary N) is 1. The average molecular weight is 241 g/mol. The van der Waals surface area contributed by atoms with E-state index in [1.807, 2.05) is 18.0 Å². The molecule has 0 saturated carbocycles. The Morgan fingerprint density at radius 3 is 2.88 bits per heavy atom. The predicted molar refractivity (Wildman–Crippen MR) is 71.9 cm³/mol. The van der Waals surface area contributed by atoms with Gasteiger partial charge in [-0.3, -0.25) is 0 Å². The number of hydrogen-bond acceptors (Lipinski definition) is 3. The molecule has 1 aromatic rings. The first-order valence-electron chi connectivity index (χ1n) is 5.97. The van der Waals surface area contributed by atoms with E-state index in [0.29, 0.717) is 6.04 Å². The van der Waals surface area contributed by atoms with Crippen LogP contribution in [0.25, 0.3) is 0 Å². The van der Waals surface area contributed by atoms with Gasteiger partial charge < -0.3 is 9.88 Å². The average Bonchev–Trinajstić information content (AvgIpc) is 2.58. The minimum Gasteiger partial charge on any atom is -0.330 e. The van der Waals surface area contributed by atoms with E-state index in [1.165, 1.54) is 17.2 Å². The molecule has 3 nitrogen and oxygen atoms in total. The second kappa shape index (κ2) is 6.97. The summed E-state index contributed by atoms with van der Waals surface area (Å²) in [6.45, 7) is 10.6. The number of aryl methyl sites for hydroxylation is 1. The van der Waals surface area contributed by atoms with Crippen molar-refractivity contribution in [3.63, 3.8) is 0 Å². The largest absolute Gasteiger partial charge is 0.330 e. The van der Waals surface area contributed by atoms with Crippen LogP contribution in [0, 0.1) is 6.92 Å². The fourth-order valence-electron chi connectivity index (χ4n) is 1.57. The van der Waals surface area contributed by atoms with Crippen LogP contribution in [0.1, 0.15) is 32.3 Å². The third-order valence-corrected chi connectivity index (χ3v) is 3.37. The quantitative estimate of drug-likeness (QED) is 0.744. The summed E-state index contributed by atoms with van der Waals surface area (Å²) in [4.78, 5) is 4.39. The van der Waals surface area contributed by atoms with E-state index in [0.717, 1.165) is 18.9 Å². The number of nitrogens with zero attached hydrogens (tertiary/aromatic N) is 2. The molecule has 1 N–H and O–H groups in total. The lowest BCUT2D eigenvalue weighted by Gasteiger charge is -2.12. The predicted octanol–water partition coefficient (Wildman–Crippen LogP) is 2.44. The second-order valence-electron chi connectivity index (χ2n) is 4.18. The van der Waals surface area contributed by atoms with E-state index in [-0.39, 0.29) is 0 Å². The van der Waals surface area contributed by atoms with E-state index >= 15 is 0 Å². The first kappa shape index (κ1) is 13.6. The van der Waals surface area contributed by atoms with Crippen molar-refractivity contribution in [2.75, 3.05) is 11.5 Å². The number of hydrogen-bond donors (Lipinski definition) is 1. The zero-order chi connectivity index (χ0) is 12.0. The lowest BCUT2D eigenvalue weighted by molar-refractivity contribution is 0.559. The monoisotopic (exact) mass is 241 g/mol. The van der Waals surface area contributed by atoms with Crippen LogP contribution in [0.15, 0.2) is 6.20 Å². The van der Waals surface area contributed by atoms with Crippen LogP contribution in [0.2, 0.25) is 0 Å². The Morgan fingerprint density at radius 1 is 1.50 bits per heavy atom. The molecule has 0 fully saturated rings. The fourth-order valence-corrected chi connectivity index (χ4v) is 2.17. The minimum atomic E-state index is 0.522. The number of aromatic nitrogens is 2. The van der Waals surface area contributed by atoms with Gasteiger partial charge in [0, 0.05) is 31.1 Å². The summed E-state index contributed by atoms with van der Waals surface area (Å²) < 4.78 is 2.32. The van der Waals surface area contributed by atoms with Gasteiger partial charge in [-0.2, -0.15) is 11.8 Å². The zero-order valence-corrected chi connectivity index (χ0v) is 11.6. The summed E-state index contributed by atoms with van der Waals surface area (Å²) in [5, 5.41) is 3.44. The van der Waals surface area contributed by atoms with Gasteiger partial charge in [-0.25, -0.2) is 4.98 Å². The highest BCUT2D eigenvalue weighted by molar-refractivity contribution is 7.99. The molecule has 0 aliphatic carbocycles. The normalized spacial score (nSPS) is 11.3. The third kappa shape index (κ3) is 4.18. The van der Waals surface area contributed by atoms with Gasteiger partial charge in [0.1, 0.15) is 5.82 Å². The molecule has 0 amide bonds. The SMILES string of the molecule is CCSCCn1c(CNC(C)C)cnc1C. The number of rotatable bonds is 7. The van der Waals surface area contributed by atoms with Gasteiger partial charge >= 0.3 is 0 Å². The molecule has 92 valence electrons. The highest BCUT2D eigenvalue weighted by Gasteiger charge is 2.06. The molecule has 0 bridgehead atoms. The number of imidazole rings is 1. The number of thioether (sulfide) groups is 1. The van der Waals surface area contributed by atoms with Crippen molar-refractivity contribution in [2.45, 2.75) is 46.8 Å². The van der Waals surface area contributed by atoms with Crippen LogP contribution in [0.5, 0.6) is 0 Å². The van der Waals surface area contributed by atoms with Crippen molar-refractivity contribution >= 4 is 11.8 Å². The molecular formula is C12H23N3S. The zero-order valence-electron chi connectivity index (χ0n) is 10.8. The van der Waals surface area contributed by atoms with Gasteiger partial charge in [0.05, 0.1) is 5.69 Å². The summed E-state index contributed by atoms with van der Waals surface area (Å²) in [6, 6.07) is 0.522. The summed E-state index contributed by atoms with van der Waals surface area (Å²) in [5.74, 6) is 3.48. The van der Waals surface area contributed by atoms with Crippen molar-refractivity contribution in [3.8, 4) is 0 Å². The minimum absolute atomic E-state index is 0.522. The van der Waals surface area contributed by atoms with E-state index in [1.54, 1.807) is 0 Å². The first-order valence-corrected chi connectivity index (χ1v) is 7.12. The molecule has 4 heteroatoms. The molecule has 0 aliphatic rings. The van der Waals surface area contributed by atoms with Gasteiger partial charge in [0.15, 0.2) is 0 Å². The van der Waals surface area contributed by atoms with Crippen LogP contribution in [-0.2, 0) is 13.1 Å². The maximum absolute atomic E-state index is 4.39.